The summed E-state index contributed by atoms with van der Waals surface area (Å²) < 4.78 is 14.2. The minimum absolute atomic E-state index is 0.177. The number of aryl methyl sites for hydroxylation is 4. The fraction of sp³-hybridized carbons (Fsp3) is 0.241. The van der Waals surface area contributed by atoms with Gasteiger partial charge in [-0.2, -0.15) is 0 Å². The van der Waals surface area contributed by atoms with Gasteiger partial charge in [-0.05, 0) is 84.6 Å². The van der Waals surface area contributed by atoms with Crippen molar-refractivity contribution in [3.8, 4) is 11.1 Å². The van der Waals surface area contributed by atoms with Crippen LogP contribution in [0.1, 0.15) is 47.7 Å². The van der Waals surface area contributed by atoms with E-state index in [0.717, 1.165) is 47.9 Å². The zero-order valence-electron chi connectivity index (χ0n) is 18.7. The Kier molecular flexibility index (Phi) is 6.08. The topological polar surface area (TPSA) is 15.8 Å². The molecule has 0 aliphatic rings. The van der Waals surface area contributed by atoms with Crippen molar-refractivity contribution in [1.82, 2.24) is 4.98 Å². The summed E-state index contributed by atoms with van der Waals surface area (Å²) in [7, 11) is 0. The first-order valence-corrected chi connectivity index (χ1v) is 11.1. The zero-order chi connectivity index (χ0) is 22.0. The van der Waals surface area contributed by atoms with Gasteiger partial charge in [0.15, 0.2) is 0 Å². The van der Waals surface area contributed by atoms with Crippen molar-refractivity contribution in [1.29, 1.82) is 0 Å². The molecule has 0 spiro atoms. The second-order valence-electron chi connectivity index (χ2n) is 8.43. The molecule has 158 valence electrons. The van der Waals surface area contributed by atoms with Gasteiger partial charge in [0.25, 0.3) is 0 Å². The largest absolute Gasteiger partial charge is 0.356 e. The van der Waals surface area contributed by atoms with Gasteiger partial charge in [-0.3, -0.25) is 0 Å². The molecule has 0 saturated carbocycles. The molecule has 1 nitrogen and oxygen atoms in total. The molecule has 0 amide bonds. The van der Waals surface area contributed by atoms with Crippen molar-refractivity contribution < 1.29 is 4.39 Å². The van der Waals surface area contributed by atoms with Crippen LogP contribution in [0.2, 0.25) is 0 Å². The number of hydrogen-bond acceptors (Lipinski definition) is 0. The number of allylic oxidation sites excluding steroid dienone is 1. The van der Waals surface area contributed by atoms with Gasteiger partial charge in [0.1, 0.15) is 5.82 Å². The normalized spacial score (nSPS) is 11.2. The Morgan fingerprint density at radius 2 is 1.74 bits per heavy atom. The van der Waals surface area contributed by atoms with Crippen molar-refractivity contribution in [3.05, 3.63) is 101 Å². The fourth-order valence-corrected chi connectivity index (χ4v) is 4.45. The van der Waals surface area contributed by atoms with Crippen LogP contribution in [-0.4, -0.2) is 4.98 Å². The van der Waals surface area contributed by atoms with E-state index in [-0.39, 0.29) is 5.82 Å². The number of aromatic nitrogens is 1. The molecule has 0 unspecified atom stereocenters. The smallest absolute Gasteiger partial charge is 0.147 e. The molecule has 0 atom stereocenters. The highest BCUT2D eigenvalue weighted by molar-refractivity contribution is 5.88. The van der Waals surface area contributed by atoms with Crippen LogP contribution in [0.5, 0.6) is 0 Å². The molecule has 1 heterocycles. The van der Waals surface area contributed by atoms with Gasteiger partial charge in [0.2, 0.25) is 0 Å². The zero-order valence-corrected chi connectivity index (χ0v) is 18.7. The predicted octanol–water partition coefficient (Wildman–Crippen LogP) is 8.19. The van der Waals surface area contributed by atoms with E-state index in [0.29, 0.717) is 5.52 Å². The molecule has 0 aliphatic carbocycles. The van der Waals surface area contributed by atoms with Gasteiger partial charge in [0.05, 0.1) is 5.52 Å². The van der Waals surface area contributed by atoms with E-state index < -0.39 is 0 Å². The Labute approximate surface area is 184 Å². The predicted molar refractivity (Wildman–Crippen MR) is 131 cm³/mol. The quantitative estimate of drug-likeness (QED) is 0.315. The summed E-state index contributed by atoms with van der Waals surface area (Å²) in [5.74, 6) is -0.177. The first kappa shape index (κ1) is 21.1. The number of hydrogen-bond donors (Lipinski definition) is 1. The van der Waals surface area contributed by atoms with E-state index in [9.17, 15) is 4.39 Å². The summed E-state index contributed by atoms with van der Waals surface area (Å²) in [5, 5.41) is 1.04. The van der Waals surface area contributed by atoms with Crippen LogP contribution in [0.3, 0.4) is 0 Å². The molecule has 1 N–H and O–H groups in total. The number of H-pyrrole nitrogens is 1. The van der Waals surface area contributed by atoms with Crippen LogP contribution in [0.4, 0.5) is 4.39 Å². The van der Waals surface area contributed by atoms with Gasteiger partial charge in [-0.25, -0.2) is 4.39 Å². The summed E-state index contributed by atoms with van der Waals surface area (Å²) in [6.45, 7) is 10.6. The molecule has 0 radical (unpaired) electrons. The number of halogens is 1. The van der Waals surface area contributed by atoms with Crippen LogP contribution in [-0.2, 0) is 12.8 Å². The van der Waals surface area contributed by atoms with E-state index >= 15 is 0 Å². The highest BCUT2D eigenvalue weighted by atomic mass is 19.1. The highest BCUT2D eigenvalue weighted by Gasteiger charge is 2.14. The minimum Gasteiger partial charge on any atom is -0.356 e. The number of aromatic amines is 1. The Hall–Kier alpha value is -3.13. The summed E-state index contributed by atoms with van der Waals surface area (Å²) in [6, 6.07) is 20.9. The number of rotatable bonds is 7. The Balaban J connectivity index is 1.43. The average Bonchev–Trinajstić information content (AvgIpc) is 3.14. The van der Waals surface area contributed by atoms with Crippen molar-refractivity contribution in [3.63, 3.8) is 0 Å². The van der Waals surface area contributed by atoms with Crippen LogP contribution in [0.15, 0.2) is 67.2 Å². The molecular formula is C29H30FN. The van der Waals surface area contributed by atoms with Gasteiger partial charge < -0.3 is 4.98 Å². The Bertz CT molecular complexity index is 1230. The lowest BCUT2D eigenvalue weighted by molar-refractivity contribution is 0.637. The van der Waals surface area contributed by atoms with Crippen molar-refractivity contribution >= 4 is 16.5 Å². The first-order valence-electron chi connectivity index (χ1n) is 11.1. The molecule has 1 aromatic heterocycles. The third kappa shape index (κ3) is 4.34. The highest BCUT2D eigenvalue weighted by Crippen LogP contribution is 2.30. The summed E-state index contributed by atoms with van der Waals surface area (Å²) in [5.41, 5.74) is 10.2. The van der Waals surface area contributed by atoms with Crippen molar-refractivity contribution in [2.24, 2.45) is 0 Å². The van der Waals surface area contributed by atoms with Gasteiger partial charge in [-0.1, -0.05) is 68.1 Å². The number of fused-ring (bicyclic) bond motifs is 1. The van der Waals surface area contributed by atoms with E-state index in [4.69, 9.17) is 0 Å². The van der Waals surface area contributed by atoms with Gasteiger partial charge >= 0.3 is 0 Å². The average molecular weight is 412 g/mol. The first-order chi connectivity index (χ1) is 15.0. The molecule has 3 aromatic carbocycles. The molecule has 0 fully saturated rings. The van der Waals surface area contributed by atoms with Gasteiger partial charge in [0, 0.05) is 11.1 Å². The second kappa shape index (κ2) is 8.93. The molecule has 0 saturated heterocycles. The van der Waals surface area contributed by atoms with E-state index in [1.54, 1.807) is 6.07 Å². The lowest BCUT2D eigenvalue weighted by Gasteiger charge is -2.09. The van der Waals surface area contributed by atoms with Crippen LogP contribution in [0.25, 0.3) is 27.6 Å². The Morgan fingerprint density at radius 1 is 0.968 bits per heavy atom. The van der Waals surface area contributed by atoms with Crippen molar-refractivity contribution in [2.75, 3.05) is 0 Å². The minimum atomic E-state index is -0.177. The molecule has 4 aromatic rings. The molecular weight excluding hydrogens is 381 g/mol. The Morgan fingerprint density at radius 3 is 2.48 bits per heavy atom. The SMILES string of the molecule is C=C(CCCc1c(C)[nH]c2c(F)ccc(C)c12)c1ccc(-c2cccc(CC)c2)cc1. The lowest BCUT2D eigenvalue weighted by atomic mass is 9.95. The molecule has 31 heavy (non-hydrogen) atoms. The van der Waals surface area contributed by atoms with Crippen LogP contribution < -0.4 is 0 Å². The van der Waals surface area contributed by atoms with Crippen LogP contribution >= 0.6 is 0 Å². The second-order valence-corrected chi connectivity index (χ2v) is 8.43. The fourth-order valence-electron chi connectivity index (χ4n) is 4.45. The van der Waals surface area contributed by atoms with Crippen molar-refractivity contribution in [2.45, 2.75) is 46.5 Å². The van der Waals surface area contributed by atoms with E-state index in [2.05, 4.69) is 73.9 Å². The van der Waals surface area contributed by atoms with E-state index in [1.165, 1.54) is 27.8 Å². The maximum atomic E-state index is 14.2. The molecule has 0 bridgehead atoms. The standard InChI is InChI=1S/C29H30FN/c1-5-22-9-7-10-25(18-22)24-15-13-23(14-16-24)19(2)8-6-11-26-21(4)31-29-27(30)17-12-20(3)28(26)29/h7,9-10,12-18,31H,2,5-6,8,11H2,1,3-4H3. The van der Waals surface area contributed by atoms with Crippen LogP contribution in [0, 0.1) is 19.7 Å². The monoisotopic (exact) mass is 411 g/mol. The lowest BCUT2D eigenvalue weighted by Crippen LogP contribution is -1.91. The summed E-state index contributed by atoms with van der Waals surface area (Å²) in [6.07, 6.45) is 3.87. The number of benzene rings is 3. The third-order valence-electron chi connectivity index (χ3n) is 6.30. The summed E-state index contributed by atoms with van der Waals surface area (Å²) >= 11 is 0. The van der Waals surface area contributed by atoms with Gasteiger partial charge in [-0.15, -0.1) is 0 Å². The molecule has 4 rings (SSSR count). The molecule has 0 aliphatic heterocycles. The summed E-state index contributed by atoms with van der Waals surface area (Å²) in [4.78, 5) is 3.24. The maximum Gasteiger partial charge on any atom is 0.147 e. The molecule has 2 heteroatoms. The maximum absolute atomic E-state index is 14.2. The number of nitrogens with one attached hydrogen (secondary N) is 1. The van der Waals surface area contributed by atoms with E-state index in [1.807, 2.05) is 13.0 Å². The third-order valence-corrected chi connectivity index (χ3v) is 6.30.